The summed E-state index contributed by atoms with van der Waals surface area (Å²) in [6.45, 7) is 3.79. The molecule has 0 saturated carbocycles. The molecule has 1 aromatic rings. The lowest BCUT2D eigenvalue weighted by molar-refractivity contribution is 0.179. The topological polar surface area (TPSA) is 35.5 Å². The van der Waals surface area contributed by atoms with Crippen LogP contribution in [0.25, 0.3) is 0 Å². The van der Waals surface area contributed by atoms with Crippen molar-refractivity contribution in [3.8, 4) is 0 Å². The molecule has 18 heavy (non-hydrogen) atoms. The summed E-state index contributed by atoms with van der Waals surface area (Å²) in [6, 6.07) is 8.47. The Bertz CT molecular complexity index is 367. The number of hydrogen-bond acceptors (Lipinski definition) is 3. The van der Waals surface area contributed by atoms with E-state index >= 15 is 0 Å². The van der Waals surface area contributed by atoms with E-state index in [-0.39, 0.29) is 6.61 Å². The summed E-state index contributed by atoms with van der Waals surface area (Å²) < 4.78 is 0. The van der Waals surface area contributed by atoms with Gasteiger partial charge < -0.3 is 10.4 Å². The molecule has 0 amide bonds. The van der Waals surface area contributed by atoms with Gasteiger partial charge in [-0.15, -0.1) is 0 Å². The molecule has 0 aliphatic carbocycles. The Labute approximate surface area is 114 Å². The highest BCUT2D eigenvalue weighted by Gasteiger charge is 2.18. The van der Waals surface area contributed by atoms with E-state index in [2.05, 4.69) is 16.3 Å². The van der Waals surface area contributed by atoms with Crippen LogP contribution in [0.5, 0.6) is 0 Å². The first-order valence-electron chi connectivity index (χ1n) is 6.59. The fourth-order valence-corrected chi connectivity index (χ4v) is 2.66. The van der Waals surface area contributed by atoms with E-state index in [1.165, 1.54) is 12.8 Å². The maximum atomic E-state index is 9.16. The van der Waals surface area contributed by atoms with Gasteiger partial charge in [-0.1, -0.05) is 29.8 Å². The molecule has 0 radical (unpaired) electrons. The zero-order valence-corrected chi connectivity index (χ0v) is 11.4. The van der Waals surface area contributed by atoms with Gasteiger partial charge in [-0.3, -0.25) is 4.90 Å². The van der Waals surface area contributed by atoms with Crippen LogP contribution in [-0.4, -0.2) is 42.3 Å². The minimum absolute atomic E-state index is 0.192. The summed E-state index contributed by atoms with van der Waals surface area (Å²) in [5.41, 5.74) is 1.13. The van der Waals surface area contributed by atoms with Crippen LogP contribution in [0.15, 0.2) is 24.3 Å². The van der Waals surface area contributed by atoms with Crippen LogP contribution in [0.2, 0.25) is 5.02 Å². The van der Waals surface area contributed by atoms with Crippen LogP contribution in [0.4, 0.5) is 0 Å². The smallest absolute Gasteiger partial charge is 0.0558 e. The van der Waals surface area contributed by atoms with Gasteiger partial charge in [-0.2, -0.15) is 0 Å². The summed E-state index contributed by atoms with van der Waals surface area (Å²) in [7, 11) is 0. The number of benzene rings is 1. The van der Waals surface area contributed by atoms with Gasteiger partial charge in [0.15, 0.2) is 0 Å². The Morgan fingerprint density at radius 2 is 2.22 bits per heavy atom. The van der Waals surface area contributed by atoms with Gasteiger partial charge in [-0.05, 0) is 31.0 Å². The molecule has 1 aliphatic heterocycles. The minimum atomic E-state index is 0.192. The number of aliphatic hydroxyl groups is 1. The molecular formula is C14H21ClN2O. The lowest BCUT2D eigenvalue weighted by atomic mass is 10.1. The first-order valence-corrected chi connectivity index (χ1v) is 6.97. The minimum Gasteiger partial charge on any atom is -0.395 e. The standard InChI is InChI=1S/C14H21ClN2O/c15-14-6-2-1-4-12(14)10-17(8-9-18)11-13-5-3-7-16-13/h1-2,4,6,13,16,18H,3,5,7-11H2. The van der Waals surface area contributed by atoms with E-state index in [0.29, 0.717) is 12.6 Å². The average Bonchev–Trinajstić information content (AvgIpc) is 2.85. The quantitative estimate of drug-likeness (QED) is 0.827. The Hall–Kier alpha value is -0.610. The predicted octanol–water partition coefficient (Wildman–Crippen LogP) is 1.89. The highest BCUT2D eigenvalue weighted by molar-refractivity contribution is 6.31. The van der Waals surface area contributed by atoms with Gasteiger partial charge in [0, 0.05) is 30.7 Å². The molecule has 1 atom stereocenters. The van der Waals surface area contributed by atoms with Crippen LogP contribution in [-0.2, 0) is 6.54 Å². The molecule has 0 spiro atoms. The Morgan fingerprint density at radius 1 is 1.39 bits per heavy atom. The van der Waals surface area contributed by atoms with Crippen LogP contribution in [0.1, 0.15) is 18.4 Å². The molecule has 2 N–H and O–H groups in total. The van der Waals surface area contributed by atoms with Crippen molar-refractivity contribution < 1.29 is 5.11 Å². The van der Waals surface area contributed by atoms with Crippen molar-refractivity contribution in [1.82, 2.24) is 10.2 Å². The lowest BCUT2D eigenvalue weighted by Crippen LogP contribution is -2.38. The highest BCUT2D eigenvalue weighted by atomic mass is 35.5. The van der Waals surface area contributed by atoms with Crippen molar-refractivity contribution >= 4 is 11.6 Å². The number of rotatable bonds is 6. The summed E-state index contributed by atoms with van der Waals surface area (Å²) in [4.78, 5) is 2.27. The van der Waals surface area contributed by atoms with E-state index in [1.54, 1.807) is 0 Å². The molecule has 0 aromatic heterocycles. The van der Waals surface area contributed by atoms with Crippen molar-refractivity contribution in [1.29, 1.82) is 0 Å². The van der Waals surface area contributed by atoms with Crippen LogP contribution in [0.3, 0.4) is 0 Å². The number of aliphatic hydroxyl groups excluding tert-OH is 1. The SMILES string of the molecule is OCCN(Cc1ccccc1Cl)CC1CCCN1. The summed E-state index contributed by atoms with van der Waals surface area (Å²) >= 11 is 6.18. The zero-order chi connectivity index (χ0) is 12.8. The van der Waals surface area contributed by atoms with Crippen LogP contribution < -0.4 is 5.32 Å². The lowest BCUT2D eigenvalue weighted by Gasteiger charge is -2.25. The van der Waals surface area contributed by atoms with E-state index in [1.807, 2.05) is 18.2 Å². The molecule has 4 heteroatoms. The second-order valence-electron chi connectivity index (χ2n) is 4.84. The predicted molar refractivity (Wildman–Crippen MR) is 74.8 cm³/mol. The molecular weight excluding hydrogens is 248 g/mol. The van der Waals surface area contributed by atoms with E-state index in [4.69, 9.17) is 16.7 Å². The van der Waals surface area contributed by atoms with Crippen LogP contribution in [0, 0.1) is 0 Å². The first kappa shape index (κ1) is 13.8. The normalized spacial score (nSPS) is 19.6. The summed E-state index contributed by atoms with van der Waals surface area (Å²) in [6.07, 6.45) is 2.48. The van der Waals surface area contributed by atoms with Crippen molar-refractivity contribution in [3.05, 3.63) is 34.9 Å². The molecule has 100 valence electrons. The first-order chi connectivity index (χ1) is 8.79. The van der Waals surface area contributed by atoms with Gasteiger partial charge in [0.1, 0.15) is 0 Å². The molecule has 1 heterocycles. The summed E-state index contributed by atoms with van der Waals surface area (Å²) in [5.74, 6) is 0. The highest BCUT2D eigenvalue weighted by Crippen LogP contribution is 2.17. The second-order valence-corrected chi connectivity index (χ2v) is 5.25. The fourth-order valence-electron chi connectivity index (χ4n) is 2.47. The number of nitrogens with one attached hydrogen (secondary N) is 1. The fraction of sp³-hybridized carbons (Fsp3) is 0.571. The zero-order valence-electron chi connectivity index (χ0n) is 10.6. The van der Waals surface area contributed by atoms with Gasteiger partial charge in [0.25, 0.3) is 0 Å². The largest absolute Gasteiger partial charge is 0.395 e. The molecule has 3 nitrogen and oxygen atoms in total. The van der Waals surface area contributed by atoms with Crippen molar-refractivity contribution in [2.24, 2.45) is 0 Å². The third-order valence-corrected chi connectivity index (χ3v) is 3.78. The third-order valence-electron chi connectivity index (χ3n) is 3.41. The molecule has 2 rings (SSSR count). The maximum absolute atomic E-state index is 9.16. The Morgan fingerprint density at radius 3 is 2.89 bits per heavy atom. The Balaban J connectivity index is 1.94. The van der Waals surface area contributed by atoms with E-state index in [9.17, 15) is 0 Å². The maximum Gasteiger partial charge on any atom is 0.0558 e. The van der Waals surface area contributed by atoms with Gasteiger partial charge in [0.05, 0.1) is 6.61 Å². The molecule has 1 unspecified atom stereocenters. The van der Waals surface area contributed by atoms with Gasteiger partial charge in [-0.25, -0.2) is 0 Å². The second kappa shape index (κ2) is 7.10. The molecule has 1 aliphatic rings. The average molecular weight is 269 g/mol. The number of hydrogen-bond donors (Lipinski definition) is 2. The molecule has 1 fully saturated rings. The van der Waals surface area contributed by atoms with Gasteiger partial charge in [0.2, 0.25) is 0 Å². The van der Waals surface area contributed by atoms with Crippen molar-refractivity contribution in [2.75, 3.05) is 26.2 Å². The molecule has 1 saturated heterocycles. The molecule has 0 bridgehead atoms. The number of halogens is 1. The van der Waals surface area contributed by atoms with Gasteiger partial charge >= 0.3 is 0 Å². The Kier molecular flexibility index (Phi) is 5.45. The van der Waals surface area contributed by atoms with Crippen LogP contribution >= 0.6 is 11.6 Å². The summed E-state index contributed by atoms with van der Waals surface area (Å²) in [5, 5.41) is 13.5. The van der Waals surface area contributed by atoms with E-state index in [0.717, 1.165) is 30.2 Å². The van der Waals surface area contributed by atoms with Crippen molar-refractivity contribution in [2.45, 2.75) is 25.4 Å². The molecule has 1 aromatic carbocycles. The van der Waals surface area contributed by atoms with E-state index < -0.39 is 0 Å². The van der Waals surface area contributed by atoms with Crippen molar-refractivity contribution in [3.63, 3.8) is 0 Å². The number of nitrogens with zero attached hydrogens (tertiary/aromatic N) is 1. The third kappa shape index (κ3) is 3.95. The monoisotopic (exact) mass is 268 g/mol.